The highest BCUT2D eigenvalue weighted by Gasteiger charge is 2.22. The number of likely N-dealkylation sites (tertiary alicyclic amines) is 1. The maximum atomic E-state index is 12.8. The standard InChI is InChI=1S/C24H29N3O2/c1-18-6-5-15-27(17-18)24(29)20-8-4-7-19(16-20)23(28)25-21-9-11-22(12-10-21)26-13-2-3-14-26/h4,7-12,16,18H,2-3,5-6,13-15,17H2,1H3,(H,25,28). The van der Waals surface area contributed by atoms with Crippen molar-refractivity contribution in [3.63, 3.8) is 0 Å². The molecular weight excluding hydrogens is 362 g/mol. The molecule has 2 aromatic carbocycles. The molecule has 0 bridgehead atoms. The lowest BCUT2D eigenvalue weighted by atomic mass is 9.99. The molecule has 0 aromatic heterocycles. The van der Waals surface area contributed by atoms with Crippen molar-refractivity contribution in [1.29, 1.82) is 0 Å². The van der Waals surface area contributed by atoms with E-state index in [-0.39, 0.29) is 11.8 Å². The summed E-state index contributed by atoms with van der Waals surface area (Å²) in [6.07, 6.45) is 4.69. The summed E-state index contributed by atoms with van der Waals surface area (Å²) in [6, 6.07) is 15.0. The van der Waals surface area contributed by atoms with Crippen molar-refractivity contribution in [2.24, 2.45) is 5.92 Å². The molecule has 29 heavy (non-hydrogen) atoms. The lowest BCUT2D eigenvalue weighted by Gasteiger charge is -2.31. The predicted molar refractivity (Wildman–Crippen MR) is 117 cm³/mol. The molecule has 1 atom stereocenters. The van der Waals surface area contributed by atoms with Gasteiger partial charge in [0.2, 0.25) is 0 Å². The van der Waals surface area contributed by atoms with Crippen LogP contribution in [0.4, 0.5) is 11.4 Å². The molecule has 0 radical (unpaired) electrons. The summed E-state index contributed by atoms with van der Waals surface area (Å²) in [7, 11) is 0. The Kier molecular flexibility index (Phi) is 5.84. The minimum Gasteiger partial charge on any atom is -0.372 e. The first-order valence-electron chi connectivity index (χ1n) is 10.7. The lowest BCUT2D eigenvalue weighted by molar-refractivity contribution is 0.0683. The maximum absolute atomic E-state index is 12.8. The van der Waals surface area contributed by atoms with Crippen LogP contribution in [0.5, 0.6) is 0 Å². The molecule has 2 heterocycles. The minimum atomic E-state index is -0.194. The average molecular weight is 392 g/mol. The van der Waals surface area contributed by atoms with Crippen LogP contribution in [0.15, 0.2) is 48.5 Å². The Morgan fingerprint density at radius 1 is 0.931 bits per heavy atom. The van der Waals surface area contributed by atoms with Crippen molar-refractivity contribution in [2.75, 3.05) is 36.4 Å². The number of carbonyl (C=O) groups is 2. The van der Waals surface area contributed by atoms with Crippen LogP contribution in [0, 0.1) is 5.92 Å². The summed E-state index contributed by atoms with van der Waals surface area (Å²) < 4.78 is 0. The second kappa shape index (κ2) is 8.68. The highest BCUT2D eigenvalue weighted by Crippen LogP contribution is 2.23. The molecule has 152 valence electrons. The van der Waals surface area contributed by atoms with Crippen LogP contribution in [-0.4, -0.2) is 42.9 Å². The number of hydrogen-bond acceptors (Lipinski definition) is 3. The monoisotopic (exact) mass is 391 g/mol. The van der Waals surface area contributed by atoms with Crippen LogP contribution >= 0.6 is 0 Å². The number of nitrogens with zero attached hydrogens (tertiary/aromatic N) is 2. The van der Waals surface area contributed by atoms with Crippen LogP contribution in [0.1, 0.15) is 53.3 Å². The Morgan fingerprint density at radius 3 is 2.38 bits per heavy atom. The van der Waals surface area contributed by atoms with E-state index in [1.807, 2.05) is 17.0 Å². The smallest absolute Gasteiger partial charge is 0.255 e. The number of anilines is 2. The predicted octanol–water partition coefficient (Wildman–Crippen LogP) is 4.41. The molecule has 1 N–H and O–H groups in total. The van der Waals surface area contributed by atoms with Gasteiger partial charge in [0.25, 0.3) is 11.8 Å². The van der Waals surface area contributed by atoms with Crippen LogP contribution in [0.3, 0.4) is 0 Å². The van der Waals surface area contributed by atoms with Gasteiger partial charge in [-0.3, -0.25) is 9.59 Å². The van der Waals surface area contributed by atoms with Gasteiger partial charge in [-0.05, 0) is 74.1 Å². The summed E-state index contributed by atoms with van der Waals surface area (Å²) >= 11 is 0. The fourth-order valence-corrected chi connectivity index (χ4v) is 4.28. The molecular formula is C24H29N3O2. The maximum Gasteiger partial charge on any atom is 0.255 e. The topological polar surface area (TPSA) is 52.7 Å². The Hall–Kier alpha value is -2.82. The summed E-state index contributed by atoms with van der Waals surface area (Å²) in [5.74, 6) is 0.351. The molecule has 2 saturated heterocycles. The van der Waals surface area contributed by atoms with Crippen LogP contribution < -0.4 is 10.2 Å². The molecule has 5 heteroatoms. The number of benzene rings is 2. The number of hydrogen-bond donors (Lipinski definition) is 1. The van der Waals surface area contributed by atoms with Crippen LogP contribution in [0.2, 0.25) is 0 Å². The summed E-state index contributed by atoms with van der Waals surface area (Å²) in [4.78, 5) is 29.8. The quantitative estimate of drug-likeness (QED) is 0.840. The first-order chi connectivity index (χ1) is 14.1. The van der Waals surface area contributed by atoms with Gasteiger partial charge in [-0.1, -0.05) is 13.0 Å². The molecule has 0 saturated carbocycles. The molecule has 2 aromatic rings. The van der Waals surface area contributed by atoms with Crippen molar-refractivity contribution in [1.82, 2.24) is 4.90 Å². The minimum absolute atomic E-state index is 0.0150. The zero-order chi connectivity index (χ0) is 20.2. The van der Waals surface area contributed by atoms with E-state index in [0.717, 1.165) is 38.3 Å². The number of rotatable bonds is 4. The van der Waals surface area contributed by atoms with E-state index in [1.165, 1.54) is 24.9 Å². The summed E-state index contributed by atoms with van der Waals surface area (Å²) in [5, 5.41) is 2.95. The fourth-order valence-electron chi connectivity index (χ4n) is 4.28. The highest BCUT2D eigenvalue weighted by atomic mass is 16.2. The number of nitrogens with one attached hydrogen (secondary N) is 1. The molecule has 4 rings (SSSR count). The van der Waals surface area contributed by atoms with Gasteiger partial charge in [-0.2, -0.15) is 0 Å². The Bertz CT molecular complexity index is 872. The summed E-state index contributed by atoms with van der Waals surface area (Å²) in [6.45, 7) is 5.96. The molecule has 1 unspecified atom stereocenters. The van der Waals surface area contributed by atoms with Gasteiger partial charge < -0.3 is 15.1 Å². The Morgan fingerprint density at radius 2 is 1.66 bits per heavy atom. The van der Waals surface area contributed by atoms with Crippen molar-refractivity contribution in [2.45, 2.75) is 32.6 Å². The number of carbonyl (C=O) groups excluding carboxylic acids is 2. The molecule has 5 nitrogen and oxygen atoms in total. The third-order valence-electron chi connectivity index (χ3n) is 5.91. The zero-order valence-corrected chi connectivity index (χ0v) is 17.1. The van der Waals surface area contributed by atoms with Gasteiger partial charge in [-0.15, -0.1) is 0 Å². The van der Waals surface area contributed by atoms with Crippen molar-refractivity contribution in [3.05, 3.63) is 59.7 Å². The number of piperidine rings is 1. The Labute approximate surface area is 172 Å². The van der Waals surface area contributed by atoms with Gasteiger partial charge in [0.15, 0.2) is 0 Å². The van der Waals surface area contributed by atoms with Crippen molar-refractivity contribution in [3.8, 4) is 0 Å². The third kappa shape index (κ3) is 4.61. The summed E-state index contributed by atoms with van der Waals surface area (Å²) in [5.41, 5.74) is 3.05. The highest BCUT2D eigenvalue weighted by molar-refractivity contribution is 6.06. The Balaban J connectivity index is 1.42. The zero-order valence-electron chi connectivity index (χ0n) is 17.1. The average Bonchev–Trinajstić information content (AvgIpc) is 3.29. The molecule has 2 fully saturated rings. The van der Waals surface area contributed by atoms with E-state index < -0.39 is 0 Å². The van der Waals surface area contributed by atoms with Gasteiger partial charge in [0.1, 0.15) is 0 Å². The van der Waals surface area contributed by atoms with E-state index in [9.17, 15) is 9.59 Å². The van der Waals surface area contributed by atoms with E-state index >= 15 is 0 Å². The second-order valence-corrected chi connectivity index (χ2v) is 8.27. The first-order valence-corrected chi connectivity index (χ1v) is 10.7. The lowest BCUT2D eigenvalue weighted by Crippen LogP contribution is -2.39. The van der Waals surface area contributed by atoms with Gasteiger partial charge >= 0.3 is 0 Å². The van der Waals surface area contributed by atoms with Crippen molar-refractivity contribution >= 4 is 23.2 Å². The van der Waals surface area contributed by atoms with Crippen LogP contribution in [-0.2, 0) is 0 Å². The molecule has 2 amide bonds. The largest absolute Gasteiger partial charge is 0.372 e. The molecule has 0 aliphatic carbocycles. The van der Waals surface area contributed by atoms with Gasteiger partial charge in [0, 0.05) is 48.7 Å². The van der Waals surface area contributed by atoms with E-state index in [2.05, 4.69) is 29.3 Å². The third-order valence-corrected chi connectivity index (χ3v) is 5.91. The SMILES string of the molecule is CC1CCCN(C(=O)c2cccc(C(=O)Nc3ccc(N4CCCC4)cc3)c2)C1. The molecule has 2 aliphatic rings. The second-order valence-electron chi connectivity index (χ2n) is 8.27. The van der Waals surface area contributed by atoms with E-state index in [1.54, 1.807) is 24.3 Å². The van der Waals surface area contributed by atoms with Crippen LogP contribution in [0.25, 0.3) is 0 Å². The number of amides is 2. The van der Waals surface area contributed by atoms with Gasteiger partial charge in [0.05, 0.1) is 0 Å². The molecule has 2 aliphatic heterocycles. The first kappa shape index (κ1) is 19.5. The normalized spacial score (nSPS) is 19.3. The molecule has 0 spiro atoms. The van der Waals surface area contributed by atoms with Crippen molar-refractivity contribution < 1.29 is 9.59 Å². The van der Waals surface area contributed by atoms with E-state index in [0.29, 0.717) is 17.0 Å². The fraction of sp³-hybridized carbons (Fsp3) is 0.417. The van der Waals surface area contributed by atoms with Gasteiger partial charge in [-0.25, -0.2) is 0 Å². The van der Waals surface area contributed by atoms with E-state index in [4.69, 9.17) is 0 Å².